The Balaban J connectivity index is 1.30. The summed E-state index contributed by atoms with van der Waals surface area (Å²) < 4.78 is 13.8. The molecule has 2 aromatic rings. The number of likely N-dealkylation sites (tertiary alicyclic amines) is 1. The van der Waals surface area contributed by atoms with Crippen molar-refractivity contribution in [3.05, 3.63) is 50.1 Å². The van der Waals surface area contributed by atoms with E-state index in [4.69, 9.17) is 9.47 Å². The van der Waals surface area contributed by atoms with E-state index in [-0.39, 0.29) is 24.1 Å². The molecule has 5 atom stereocenters. The molecular formula is C32H39BrN2O4S. The van der Waals surface area contributed by atoms with Crippen molar-refractivity contribution >= 4 is 39.2 Å². The van der Waals surface area contributed by atoms with Gasteiger partial charge in [-0.05, 0) is 96.6 Å². The summed E-state index contributed by atoms with van der Waals surface area (Å²) in [6, 6.07) is 6.20. The van der Waals surface area contributed by atoms with Crippen LogP contribution < -0.4 is 9.47 Å². The number of benzene rings is 1. The highest BCUT2D eigenvalue weighted by Gasteiger charge is 2.73. The van der Waals surface area contributed by atoms with E-state index in [9.17, 15) is 9.90 Å². The maximum atomic E-state index is 13.9. The van der Waals surface area contributed by atoms with Gasteiger partial charge in [0, 0.05) is 45.5 Å². The molecule has 5 aliphatic rings. The van der Waals surface area contributed by atoms with Crippen LogP contribution in [0.15, 0.2) is 34.1 Å². The summed E-state index contributed by atoms with van der Waals surface area (Å²) in [4.78, 5) is 19.6. The average Bonchev–Trinajstić information content (AvgIpc) is 3.53. The highest BCUT2D eigenvalue weighted by atomic mass is 79.9. The Labute approximate surface area is 249 Å². The van der Waals surface area contributed by atoms with E-state index in [0.29, 0.717) is 18.9 Å². The third kappa shape index (κ3) is 4.03. The Hall–Kier alpha value is -1.87. The molecule has 40 heavy (non-hydrogen) atoms. The van der Waals surface area contributed by atoms with E-state index >= 15 is 0 Å². The van der Waals surface area contributed by atoms with Crippen molar-refractivity contribution in [3.63, 3.8) is 0 Å². The second-order valence-electron chi connectivity index (χ2n) is 13.0. The zero-order valence-corrected chi connectivity index (χ0v) is 26.0. The van der Waals surface area contributed by atoms with Crippen LogP contribution in [0.2, 0.25) is 0 Å². The summed E-state index contributed by atoms with van der Waals surface area (Å²) in [6.45, 7) is 7.01. The lowest BCUT2D eigenvalue weighted by Crippen LogP contribution is -2.78. The van der Waals surface area contributed by atoms with E-state index < -0.39 is 11.0 Å². The molecule has 1 aromatic heterocycles. The van der Waals surface area contributed by atoms with Crippen LogP contribution in [-0.4, -0.2) is 71.3 Å². The molecule has 2 aliphatic heterocycles. The van der Waals surface area contributed by atoms with Crippen molar-refractivity contribution in [3.8, 4) is 11.5 Å². The molecule has 1 N–H and O–H groups in total. The number of amides is 1. The van der Waals surface area contributed by atoms with Gasteiger partial charge in [0.05, 0.1) is 24.2 Å². The van der Waals surface area contributed by atoms with Gasteiger partial charge in [0.25, 0.3) is 0 Å². The first kappa shape index (κ1) is 27.0. The number of ether oxygens (including phenoxy) is 2. The maximum Gasteiger partial charge on any atom is 0.246 e. The Kier molecular flexibility index (Phi) is 6.65. The summed E-state index contributed by atoms with van der Waals surface area (Å²) >= 11 is 5.13. The standard InChI is InChI=1S/C32H39BrN2O4S/c1-19(2)16-35(27(36)9-7-23-15-22(33)18-40-23)24-10-11-32(37)26-14-21-6-8-25(38-3)29-28(21)31(32,30(24)39-29)12-13-34(26)17-20-4-5-20/h6-9,15,18-20,24,26,30,37H,4-5,10-14,16-17H2,1-3H3/b9-7+/t24-,26+,30-,31-,32+/m0/s1. The predicted octanol–water partition coefficient (Wildman–Crippen LogP) is 5.65. The predicted molar refractivity (Wildman–Crippen MR) is 161 cm³/mol. The summed E-state index contributed by atoms with van der Waals surface area (Å²) in [5.41, 5.74) is 0.995. The fourth-order valence-corrected chi connectivity index (χ4v) is 9.71. The van der Waals surface area contributed by atoms with E-state index in [2.05, 4.69) is 40.7 Å². The maximum absolute atomic E-state index is 13.9. The van der Waals surface area contributed by atoms with Crippen LogP contribution in [0.4, 0.5) is 0 Å². The number of piperidine rings is 1. The van der Waals surface area contributed by atoms with Crippen LogP contribution in [0.25, 0.3) is 6.08 Å². The van der Waals surface area contributed by atoms with Gasteiger partial charge in [-0.25, -0.2) is 0 Å². The quantitative estimate of drug-likeness (QED) is 0.384. The zero-order chi connectivity index (χ0) is 27.8. The highest BCUT2D eigenvalue weighted by molar-refractivity contribution is 9.10. The number of hydrogen-bond acceptors (Lipinski definition) is 6. The molecule has 6 nitrogen and oxygen atoms in total. The van der Waals surface area contributed by atoms with Crippen molar-refractivity contribution in [2.75, 3.05) is 26.7 Å². The van der Waals surface area contributed by atoms with Gasteiger partial charge in [-0.1, -0.05) is 19.9 Å². The van der Waals surface area contributed by atoms with E-state index in [1.165, 1.54) is 18.4 Å². The number of halogens is 1. The van der Waals surface area contributed by atoms with Crippen molar-refractivity contribution < 1.29 is 19.4 Å². The van der Waals surface area contributed by atoms with Gasteiger partial charge < -0.3 is 19.5 Å². The molecule has 0 unspecified atom stereocenters. The summed E-state index contributed by atoms with van der Waals surface area (Å²) in [6.07, 6.45) is 9.00. The Bertz CT molecular complexity index is 1350. The molecule has 3 fully saturated rings. The molecule has 0 radical (unpaired) electrons. The Morgan fingerprint density at radius 2 is 2.15 bits per heavy atom. The van der Waals surface area contributed by atoms with Gasteiger partial charge in [0.1, 0.15) is 6.10 Å². The molecule has 1 spiro atoms. The largest absolute Gasteiger partial charge is 0.493 e. The van der Waals surface area contributed by atoms with E-state index in [0.717, 1.165) is 64.7 Å². The van der Waals surface area contributed by atoms with Gasteiger partial charge >= 0.3 is 0 Å². The average molecular weight is 628 g/mol. The van der Waals surface area contributed by atoms with Gasteiger partial charge in [-0.15, -0.1) is 11.3 Å². The second kappa shape index (κ2) is 9.85. The van der Waals surface area contributed by atoms with Gasteiger partial charge in [0.2, 0.25) is 5.91 Å². The number of carbonyl (C=O) groups excluding carboxylic acids is 1. The van der Waals surface area contributed by atoms with Gasteiger partial charge in [-0.2, -0.15) is 0 Å². The number of aliphatic hydroxyl groups is 1. The van der Waals surface area contributed by atoms with Crippen LogP contribution in [0.1, 0.15) is 62.0 Å². The molecule has 1 saturated heterocycles. The van der Waals surface area contributed by atoms with Crippen molar-refractivity contribution in [2.24, 2.45) is 11.8 Å². The van der Waals surface area contributed by atoms with Crippen LogP contribution in [0, 0.1) is 11.8 Å². The lowest BCUT2D eigenvalue weighted by molar-refractivity contribution is -0.201. The number of nitrogens with zero attached hydrogens (tertiary/aromatic N) is 2. The van der Waals surface area contributed by atoms with Crippen molar-refractivity contribution in [1.82, 2.24) is 9.80 Å². The topological polar surface area (TPSA) is 62.2 Å². The normalized spacial score (nSPS) is 32.3. The first-order valence-electron chi connectivity index (χ1n) is 14.8. The fourth-order valence-electron chi connectivity index (χ4n) is 8.37. The molecule has 3 heterocycles. The van der Waals surface area contributed by atoms with Gasteiger partial charge in [0.15, 0.2) is 11.5 Å². The first-order chi connectivity index (χ1) is 19.2. The van der Waals surface area contributed by atoms with Crippen LogP contribution in [-0.2, 0) is 16.6 Å². The Morgan fingerprint density at radius 3 is 2.85 bits per heavy atom. The Morgan fingerprint density at radius 1 is 1.32 bits per heavy atom. The number of hydrogen-bond donors (Lipinski definition) is 1. The third-order valence-electron chi connectivity index (χ3n) is 10.2. The summed E-state index contributed by atoms with van der Waals surface area (Å²) in [5, 5.41) is 14.9. The number of methoxy groups -OCH3 is 1. The number of carbonyl (C=O) groups is 1. The summed E-state index contributed by atoms with van der Waals surface area (Å²) in [7, 11) is 1.69. The number of rotatable bonds is 8. The monoisotopic (exact) mass is 626 g/mol. The van der Waals surface area contributed by atoms with Crippen molar-refractivity contribution in [1.29, 1.82) is 0 Å². The molecule has 3 aliphatic carbocycles. The molecule has 8 heteroatoms. The smallest absolute Gasteiger partial charge is 0.246 e. The molecule has 7 rings (SSSR count). The molecule has 214 valence electrons. The van der Waals surface area contributed by atoms with Crippen molar-refractivity contribution in [2.45, 2.75) is 81.6 Å². The lowest BCUT2D eigenvalue weighted by atomic mass is 9.48. The SMILES string of the molecule is COc1ccc2c3c1O[C@H]1[C@@H](N(CC(C)C)C(=O)/C=C/c4cc(Br)cs4)CC[C@@]4(O)[C@@H](C2)N(CC2CC2)CC[C@]314. The first-order valence-corrected chi connectivity index (χ1v) is 16.5. The van der Waals surface area contributed by atoms with Crippen LogP contribution >= 0.6 is 27.3 Å². The summed E-state index contributed by atoms with van der Waals surface area (Å²) in [5.74, 6) is 2.61. The molecular weight excluding hydrogens is 588 g/mol. The minimum atomic E-state index is -0.891. The van der Waals surface area contributed by atoms with Gasteiger partial charge in [-0.3, -0.25) is 9.69 Å². The lowest BCUT2D eigenvalue weighted by Gasteiger charge is -2.65. The molecule has 1 aromatic carbocycles. The second-order valence-corrected chi connectivity index (χ2v) is 14.8. The highest BCUT2D eigenvalue weighted by Crippen LogP contribution is 2.66. The van der Waals surface area contributed by atoms with Crippen LogP contribution in [0.5, 0.6) is 11.5 Å². The molecule has 2 bridgehead atoms. The van der Waals surface area contributed by atoms with E-state index in [1.807, 2.05) is 28.5 Å². The van der Waals surface area contributed by atoms with Crippen LogP contribution in [0.3, 0.4) is 0 Å². The molecule has 1 amide bonds. The third-order valence-corrected chi connectivity index (χ3v) is 11.8. The minimum absolute atomic E-state index is 0.00957. The fraction of sp³-hybridized carbons (Fsp3) is 0.594. The molecule has 2 saturated carbocycles. The number of thiophene rings is 1. The zero-order valence-electron chi connectivity index (χ0n) is 23.6. The minimum Gasteiger partial charge on any atom is -0.493 e. The van der Waals surface area contributed by atoms with E-state index in [1.54, 1.807) is 24.5 Å².